The van der Waals surface area contributed by atoms with Crippen LogP contribution in [0.5, 0.6) is 0 Å². The molecule has 2 aliphatic rings. The van der Waals surface area contributed by atoms with Crippen LogP contribution < -0.4 is 10.9 Å². The SMILES string of the molecule is CC(C)(C)OC(=O)N1CCc2c(C(=O)N[C@H]3CC[C@H](c4n[nH]c(=O)c5ccccc54)CC3)csc2C1. The van der Waals surface area contributed by atoms with Gasteiger partial charge in [0.1, 0.15) is 5.60 Å². The van der Waals surface area contributed by atoms with Crippen LogP contribution in [0, 0.1) is 0 Å². The number of fused-ring (bicyclic) bond motifs is 2. The van der Waals surface area contributed by atoms with Crippen molar-refractivity contribution in [1.82, 2.24) is 20.4 Å². The van der Waals surface area contributed by atoms with Gasteiger partial charge in [0, 0.05) is 34.1 Å². The molecule has 1 saturated carbocycles. The lowest BCUT2D eigenvalue weighted by atomic mass is 9.82. The van der Waals surface area contributed by atoms with E-state index in [0.29, 0.717) is 24.9 Å². The summed E-state index contributed by atoms with van der Waals surface area (Å²) in [6.07, 6.45) is 3.88. The summed E-state index contributed by atoms with van der Waals surface area (Å²) in [6.45, 7) is 6.61. The molecular formula is C27H32N4O4S. The van der Waals surface area contributed by atoms with Crippen molar-refractivity contribution < 1.29 is 14.3 Å². The van der Waals surface area contributed by atoms with Gasteiger partial charge in [-0.3, -0.25) is 9.59 Å². The summed E-state index contributed by atoms with van der Waals surface area (Å²) in [6, 6.07) is 7.71. The fourth-order valence-corrected chi connectivity index (χ4v) is 6.32. The number of ether oxygens (including phenoxy) is 1. The van der Waals surface area contributed by atoms with Gasteiger partial charge in [-0.1, -0.05) is 18.2 Å². The van der Waals surface area contributed by atoms with Crippen molar-refractivity contribution in [3.05, 3.63) is 61.7 Å². The summed E-state index contributed by atoms with van der Waals surface area (Å²) in [5, 5.41) is 13.8. The molecule has 9 heteroatoms. The molecule has 2 aromatic heterocycles. The van der Waals surface area contributed by atoms with Gasteiger partial charge in [-0.25, -0.2) is 9.89 Å². The fourth-order valence-electron chi connectivity index (χ4n) is 5.22. The summed E-state index contributed by atoms with van der Waals surface area (Å²) >= 11 is 1.53. The maximum absolute atomic E-state index is 13.2. The van der Waals surface area contributed by atoms with Crippen LogP contribution in [0.2, 0.25) is 0 Å². The van der Waals surface area contributed by atoms with E-state index in [-0.39, 0.29) is 29.5 Å². The molecule has 0 bridgehead atoms. The highest BCUT2D eigenvalue weighted by Gasteiger charge is 2.31. The molecule has 0 atom stereocenters. The Morgan fingerprint density at radius 3 is 2.58 bits per heavy atom. The molecule has 3 aromatic rings. The zero-order valence-corrected chi connectivity index (χ0v) is 21.7. The van der Waals surface area contributed by atoms with Crippen LogP contribution in [0.4, 0.5) is 4.79 Å². The summed E-state index contributed by atoms with van der Waals surface area (Å²) < 4.78 is 5.51. The summed E-state index contributed by atoms with van der Waals surface area (Å²) in [5.74, 6) is 0.224. The Bertz CT molecular complexity index is 1350. The Morgan fingerprint density at radius 2 is 1.86 bits per heavy atom. The first-order valence-electron chi connectivity index (χ1n) is 12.5. The van der Waals surface area contributed by atoms with Crippen LogP contribution in [0.15, 0.2) is 34.4 Å². The van der Waals surface area contributed by atoms with Gasteiger partial charge in [0.25, 0.3) is 11.5 Å². The van der Waals surface area contributed by atoms with Gasteiger partial charge in [0.2, 0.25) is 0 Å². The predicted molar refractivity (Wildman–Crippen MR) is 139 cm³/mol. The summed E-state index contributed by atoms with van der Waals surface area (Å²) in [7, 11) is 0. The monoisotopic (exact) mass is 508 g/mol. The highest BCUT2D eigenvalue weighted by molar-refractivity contribution is 7.10. The molecule has 0 unspecified atom stereocenters. The molecule has 5 rings (SSSR count). The van der Waals surface area contributed by atoms with Crippen molar-refractivity contribution in [1.29, 1.82) is 0 Å². The first-order chi connectivity index (χ1) is 17.2. The minimum Gasteiger partial charge on any atom is -0.444 e. The Balaban J connectivity index is 1.20. The van der Waals surface area contributed by atoms with Crippen molar-refractivity contribution in [3.63, 3.8) is 0 Å². The number of benzene rings is 1. The Morgan fingerprint density at radius 1 is 1.14 bits per heavy atom. The molecule has 0 spiro atoms. The average molecular weight is 509 g/mol. The lowest BCUT2D eigenvalue weighted by Crippen LogP contribution is -2.40. The summed E-state index contributed by atoms with van der Waals surface area (Å²) in [4.78, 5) is 40.5. The van der Waals surface area contributed by atoms with Crippen LogP contribution >= 0.6 is 11.3 Å². The van der Waals surface area contributed by atoms with Crippen molar-refractivity contribution in [2.24, 2.45) is 0 Å². The van der Waals surface area contributed by atoms with Crippen molar-refractivity contribution in [3.8, 4) is 0 Å². The van der Waals surface area contributed by atoms with Crippen molar-refractivity contribution >= 4 is 34.1 Å². The molecule has 0 saturated heterocycles. The van der Waals surface area contributed by atoms with Crippen LogP contribution in [0.1, 0.15) is 78.9 Å². The Kier molecular flexibility index (Phi) is 6.59. The number of nitrogens with one attached hydrogen (secondary N) is 2. The van der Waals surface area contributed by atoms with Crippen molar-refractivity contribution in [2.45, 2.75) is 77.0 Å². The van der Waals surface area contributed by atoms with Gasteiger partial charge in [0.05, 0.1) is 23.2 Å². The number of amides is 2. The second-order valence-electron chi connectivity index (χ2n) is 10.7. The standard InChI is InChI=1S/C27H32N4O4S/c1-27(2,3)35-26(34)31-13-12-18-21(15-36-22(18)14-31)24(32)28-17-10-8-16(9-11-17)23-19-6-4-5-7-20(19)25(33)30-29-23/h4-7,15-17H,8-14H2,1-3H3,(H,28,32)(H,30,33)/t16-,17-. The first-order valence-corrected chi connectivity index (χ1v) is 13.4. The van der Waals surface area contributed by atoms with E-state index in [4.69, 9.17) is 4.74 Å². The van der Waals surface area contributed by atoms with E-state index < -0.39 is 5.60 Å². The number of carbonyl (C=O) groups is 2. The zero-order chi connectivity index (χ0) is 25.4. The van der Waals surface area contributed by atoms with Crippen molar-refractivity contribution in [2.75, 3.05) is 6.54 Å². The lowest BCUT2D eigenvalue weighted by Gasteiger charge is -2.31. The molecule has 2 amide bonds. The third kappa shape index (κ3) is 5.02. The van der Waals surface area contributed by atoms with Gasteiger partial charge in [-0.15, -0.1) is 11.3 Å². The molecule has 190 valence electrons. The number of H-pyrrole nitrogens is 1. The third-order valence-corrected chi connectivity index (χ3v) is 8.03. The Labute approximate surface area is 214 Å². The van der Waals surface area contributed by atoms with E-state index in [0.717, 1.165) is 52.8 Å². The number of carbonyl (C=O) groups excluding carboxylic acids is 2. The maximum Gasteiger partial charge on any atom is 0.410 e. The molecule has 1 aliphatic carbocycles. The lowest BCUT2D eigenvalue weighted by molar-refractivity contribution is 0.0226. The van der Waals surface area contributed by atoms with E-state index in [1.54, 1.807) is 4.90 Å². The van der Waals surface area contributed by atoms with E-state index in [9.17, 15) is 14.4 Å². The molecule has 2 N–H and O–H groups in total. The minimum absolute atomic E-state index is 0.0331. The number of aromatic nitrogens is 2. The van der Waals surface area contributed by atoms with Crippen LogP contribution in [0.25, 0.3) is 10.8 Å². The number of hydrogen-bond acceptors (Lipinski definition) is 6. The molecule has 1 aliphatic heterocycles. The molecular weight excluding hydrogens is 476 g/mol. The molecule has 8 nitrogen and oxygen atoms in total. The molecule has 3 heterocycles. The number of nitrogens with zero attached hydrogens (tertiary/aromatic N) is 2. The van der Waals surface area contributed by atoms with Crippen LogP contribution in [-0.4, -0.2) is 45.3 Å². The van der Waals surface area contributed by atoms with Gasteiger partial charge in [-0.2, -0.15) is 5.10 Å². The van der Waals surface area contributed by atoms with E-state index in [2.05, 4.69) is 15.5 Å². The maximum atomic E-state index is 13.2. The van der Waals surface area contributed by atoms with Gasteiger partial charge < -0.3 is 15.0 Å². The minimum atomic E-state index is -0.530. The molecule has 1 fully saturated rings. The van der Waals surface area contributed by atoms with Gasteiger partial charge in [0.15, 0.2) is 0 Å². The Hall–Kier alpha value is -3.20. The van der Waals surface area contributed by atoms with Crippen LogP contribution in [-0.2, 0) is 17.7 Å². The molecule has 1 aromatic carbocycles. The average Bonchev–Trinajstić information content (AvgIpc) is 3.28. The van der Waals surface area contributed by atoms with Gasteiger partial charge in [-0.05, 0) is 64.5 Å². The first kappa shape index (κ1) is 24.5. The fraction of sp³-hybridized carbons (Fsp3) is 0.481. The summed E-state index contributed by atoms with van der Waals surface area (Å²) in [5.41, 5.74) is 2.03. The smallest absolute Gasteiger partial charge is 0.410 e. The quantitative estimate of drug-likeness (QED) is 0.532. The zero-order valence-electron chi connectivity index (χ0n) is 20.9. The number of thiophene rings is 1. The highest BCUT2D eigenvalue weighted by atomic mass is 32.1. The largest absolute Gasteiger partial charge is 0.444 e. The van der Waals surface area contributed by atoms with Gasteiger partial charge >= 0.3 is 6.09 Å². The van der Waals surface area contributed by atoms with E-state index >= 15 is 0 Å². The second-order valence-corrected chi connectivity index (χ2v) is 11.7. The highest BCUT2D eigenvalue weighted by Crippen LogP contribution is 2.35. The normalized spacial score (nSPS) is 20.1. The second kappa shape index (κ2) is 9.69. The number of rotatable bonds is 3. The van der Waals surface area contributed by atoms with E-state index in [1.807, 2.05) is 50.4 Å². The number of aromatic amines is 1. The van der Waals surface area contributed by atoms with E-state index in [1.165, 1.54) is 11.3 Å². The molecule has 36 heavy (non-hydrogen) atoms. The van der Waals surface area contributed by atoms with Crippen LogP contribution in [0.3, 0.4) is 0 Å². The third-order valence-electron chi connectivity index (χ3n) is 7.02. The molecule has 0 radical (unpaired) electrons. The number of hydrogen-bond donors (Lipinski definition) is 2. The predicted octanol–water partition coefficient (Wildman–Crippen LogP) is 4.73. The topological polar surface area (TPSA) is 104 Å².